The monoisotopic (exact) mass is 348 g/mol. The molecule has 1 atom stereocenters. The summed E-state index contributed by atoms with van der Waals surface area (Å²) in [4.78, 5) is -0.745. The Balaban J connectivity index is 3.53. The Labute approximate surface area is 133 Å². The summed E-state index contributed by atoms with van der Waals surface area (Å²) in [6, 6.07) is 0. The zero-order valence-corrected chi connectivity index (χ0v) is 14.9. The van der Waals surface area contributed by atoms with Crippen molar-refractivity contribution in [3.05, 3.63) is 0 Å². The van der Waals surface area contributed by atoms with Crippen LogP contribution in [0, 0.1) is 0 Å². The van der Waals surface area contributed by atoms with Gasteiger partial charge in [0.25, 0.3) is 0 Å². The average molecular weight is 349 g/mol. The highest BCUT2D eigenvalue weighted by Gasteiger charge is 2.25. The van der Waals surface area contributed by atoms with Gasteiger partial charge in [0.15, 0.2) is 0 Å². The van der Waals surface area contributed by atoms with Gasteiger partial charge in [-0.25, -0.2) is 4.57 Å². The summed E-state index contributed by atoms with van der Waals surface area (Å²) >= 11 is 11.0. The van der Waals surface area contributed by atoms with E-state index in [0.29, 0.717) is 6.61 Å². The number of hydrogen-bond acceptors (Lipinski definition) is 4. The largest absolute Gasteiger partial charge is 0.474 e. The van der Waals surface area contributed by atoms with Crippen LogP contribution in [0.25, 0.3) is 0 Å². The molecule has 4 nitrogen and oxygen atoms in total. The van der Waals surface area contributed by atoms with E-state index in [2.05, 4.69) is 6.92 Å². The van der Waals surface area contributed by atoms with Gasteiger partial charge in [0, 0.05) is 7.11 Å². The van der Waals surface area contributed by atoms with E-state index in [4.69, 9.17) is 36.8 Å². The van der Waals surface area contributed by atoms with E-state index in [1.54, 1.807) is 0 Å². The Morgan fingerprint density at radius 2 is 1.50 bits per heavy atom. The minimum absolute atomic E-state index is 0.0777. The van der Waals surface area contributed by atoms with E-state index in [1.807, 2.05) is 0 Å². The Kier molecular flexibility index (Phi) is 13.8. The molecule has 0 radical (unpaired) electrons. The number of rotatable bonds is 14. The maximum atomic E-state index is 11.9. The molecule has 7 heteroatoms. The van der Waals surface area contributed by atoms with E-state index >= 15 is 0 Å². The number of unbranched alkanes of at least 4 members (excludes halogenated alkanes) is 7. The molecule has 0 heterocycles. The van der Waals surface area contributed by atoms with Crippen molar-refractivity contribution < 1.29 is 18.1 Å². The highest BCUT2D eigenvalue weighted by molar-refractivity contribution is 7.48. The van der Waals surface area contributed by atoms with E-state index < -0.39 is 12.7 Å². The van der Waals surface area contributed by atoms with Crippen LogP contribution in [0.15, 0.2) is 0 Å². The van der Waals surface area contributed by atoms with Gasteiger partial charge >= 0.3 is 7.82 Å². The second-order valence-corrected chi connectivity index (χ2v) is 7.68. The van der Waals surface area contributed by atoms with E-state index in [9.17, 15) is 4.57 Å². The van der Waals surface area contributed by atoms with Crippen molar-refractivity contribution in [3.63, 3.8) is 0 Å². The van der Waals surface area contributed by atoms with Crippen LogP contribution in [-0.4, -0.2) is 25.2 Å². The number of hydrogen-bond donors (Lipinski definition) is 0. The lowest BCUT2D eigenvalue weighted by molar-refractivity contribution is 0.133. The molecule has 0 aromatic heterocycles. The third kappa shape index (κ3) is 12.4. The zero-order valence-electron chi connectivity index (χ0n) is 12.5. The molecule has 1 unspecified atom stereocenters. The first-order chi connectivity index (χ1) is 9.54. The SMILES string of the molecule is CCCCCCCCCCOP(=O)(OC)OCC(Cl)Cl. The summed E-state index contributed by atoms with van der Waals surface area (Å²) in [5, 5.41) is 0. The van der Waals surface area contributed by atoms with E-state index in [-0.39, 0.29) is 6.61 Å². The van der Waals surface area contributed by atoms with Gasteiger partial charge in [-0.05, 0) is 6.42 Å². The maximum Gasteiger partial charge on any atom is 0.474 e. The van der Waals surface area contributed by atoms with Crippen molar-refractivity contribution in [3.8, 4) is 0 Å². The van der Waals surface area contributed by atoms with E-state index in [0.717, 1.165) is 12.8 Å². The summed E-state index contributed by atoms with van der Waals surface area (Å²) in [5.41, 5.74) is 0. The second kappa shape index (κ2) is 13.4. The smallest absolute Gasteiger partial charge is 0.290 e. The summed E-state index contributed by atoms with van der Waals surface area (Å²) in [6.07, 6.45) is 9.53. The molecule has 0 fully saturated rings. The lowest BCUT2D eigenvalue weighted by Gasteiger charge is -2.16. The fourth-order valence-corrected chi connectivity index (χ4v) is 2.97. The third-order valence-corrected chi connectivity index (χ3v) is 4.49. The van der Waals surface area contributed by atoms with Crippen LogP contribution in [0.2, 0.25) is 0 Å². The van der Waals surface area contributed by atoms with Gasteiger partial charge in [-0.2, -0.15) is 0 Å². The molecule has 20 heavy (non-hydrogen) atoms. The third-order valence-electron chi connectivity index (χ3n) is 2.83. The van der Waals surface area contributed by atoms with Gasteiger partial charge in [-0.1, -0.05) is 51.9 Å². The molecule has 0 rings (SSSR count). The van der Waals surface area contributed by atoms with Crippen LogP contribution in [0.3, 0.4) is 0 Å². The first-order valence-electron chi connectivity index (χ1n) is 7.27. The molecule has 0 spiro atoms. The summed E-state index contributed by atoms with van der Waals surface area (Å²) in [6.45, 7) is 2.49. The summed E-state index contributed by atoms with van der Waals surface area (Å²) in [7, 11) is -2.21. The Hall–Kier alpha value is 0.690. The van der Waals surface area contributed by atoms with Gasteiger partial charge in [0.05, 0.1) is 13.2 Å². The highest BCUT2D eigenvalue weighted by atomic mass is 35.5. The normalized spacial score (nSPS) is 14.7. The topological polar surface area (TPSA) is 44.8 Å². The molecule has 0 aliphatic heterocycles. The van der Waals surface area contributed by atoms with Crippen LogP contribution in [0.1, 0.15) is 58.3 Å². The Bertz CT molecular complexity index is 265. The number of phosphoric ester groups is 1. The van der Waals surface area contributed by atoms with Gasteiger partial charge in [0.1, 0.15) is 4.84 Å². The predicted molar refractivity (Wildman–Crippen MR) is 84.6 cm³/mol. The van der Waals surface area contributed by atoms with Gasteiger partial charge < -0.3 is 0 Å². The molecule has 0 saturated heterocycles. The van der Waals surface area contributed by atoms with Crippen LogP contribution in [-0.2, 0) is 18.1 Å². The average Bonchev–Trinajstić information content (AvgIpc) is 2.43. The molecule has 0 aromatic rings. The first kappa shape index (κ1) is 20.7. The number of phosphoric acid groups is 1. The highest BCUT2D eigenvalue weighted by Crippen LogP contribution is 2.49. The summed E-state index contributed by atoms with van der Waals surface area (Å²) in [5.74, 6) is 0. The van der Waals surface area contributed by atoms with E-state index in [1.165, 1.54) is 45.6 Å². The van der Waals surface area contributed by atoms with Crippen molar-refractivity contribution in [1.82, 2.24) is 0 Å². The summed E-state index contributed by atoms with van der Waals surface area (Å²) < 4.78 is 26.8. The lowest BCUT2D eigenvalue weighted by atomic mass is 10.1. The molecule has 122 valence electrons. The molecule has 0 amide bonds. The molecule has 0 N–H and O–H groups in total. The van der Waals surface area contributed by atoms with Crippen molar-refractivity contribution in [1.29, 1.82) is 0 Å². The minimum atomic E-state index is -3.49. The molecular weight excluding hydrogens is 322 g/mol. The van der Waals surface area contributed by atoms with Crippen molar-refractivity contribution in [2.45, 2.75) is 63.1 Å². The standard InChI is InChI=1S/C13H27Cl2O4P/c1-3-4-5-6-7-8-9-10-11-18-20(16,17-2)19-12-13(14)15/h13H,3-12H2,1-2H3. The molecular formula is C13H27Cl2O4P. The van der Waals surface area contributed by atoms with Crippen molar-refractivity contribution >= 4 is 31.0 Å². The van der Waals surface area contributed by atoms with Crippen LogP contribution >= 0.6 is 31.0 Å². The second-order valence-electron chi connectivity index (χ2n) is 4.62. The van der Waals surface area contributed by atoms with Crippen LogP contribution < -0.4 is 0 Å². The fraction of sp³-hybridized carbons (Fsp3) is 1.00. The Morgan fingerprint density at radius 1 is 0.950 bits per heavy atom. The molecule has 0 saturated carbocycles. The molecule has 0 aromatic carbocycles. The first-order valence-corrected chi connectivity index (χ1v) is 9.60. The lowest BCUT2D eigenvalue weighted by Crippen LogP contribution is -2.05. The number of halogens is 2. The predicted octanol–water partition coefficient (Wildman–Crippen LogP) is 5.72. The van der Waals surface area contributed by atoms with Crippen molar-refractivity contribution in [2.24, 2.45) is 0 Å². The quantitative estimate of drug-likeness (QED) is 0.229. The van der Waals surface area contributed by atoms with Gasteiger partial charge in [-0.3, -0.25) is 13.6 Å². The van der Waals surface area contributed by atoms with Crippen molar-refractivity contribution in [2.75, 3.05) is 20.3 Å². The van der Waals surface area contributed by atoms with Gasteiger partial charge in [0.2, 0.25) is 0 Å². The van der Waals surface area contributed by atoms with Crippen LogP contribution in [0.4, 0.5) is 0 Å². The Morgan fingerprint density at radius 3 is 2.00 bits per heavy atom. The van der Waals surface area contributed by atoms with Gasteiger partial charge in [-0.15, -0.1) is 23.2 Å². The molecule has 0 bridgehead atoms. The molecule has 0 aliphatic carbocycles. The minimum Gasteiger partial charge on any atom is -0.290 e. The zero-order chi connectivity index (χ0) is 15.3. The number of alkyl halides is 2. The maximum absolute atomic E-state index is 11.9. The van der Waals surface area contributed by atoms with Crippen LogP contribution in [0.5, 0.6) is 0 Å². The fourth-order valence-electron chi connectivity index (χ4n) is 1.70. The molecule has 0 aliphatic rings.